The number of amides is 6. The molecule has 3 aromatic carbocycles. The zero-order chi connectivity index (χ0) is 70.6. The number of hydrogen-bond acceptors (Lipinski definition) is 20. The van der Waals surface area contributed by atoms with Crippen LogP contribution in [0.4, 0.5) is 13.2 Å². The predicted octanol–water partition coefficient (Wildman–Crippen LogP) is 3.53. The molecule has 3 aliphatic rings. The Morgan fingerprint density at radius 1 is 0.561 bits per heavy atom. The highest BCUT2D eigenvalue weighted by molar-refractivity contribution is 6.05. The number of ether oxygens (including phenoxy) is 6. The molecule has 98 heavy (non-hydrogen) atoms. The second kappa shape index (κ2) is 31.2. The number of fused-ring (bicyclic) bond motifs is 3. The third-order valence-electron chi connectivity index (χ3n) is 16.4. The molecule has 28 nitrogen and oxygen atoms in total. The molecule has 3 saturated heterocycles. The Morgan fingerprint density at radius 3 is 1.23 bits per heavy atom. The minimum absolute atomic E-state index is 0.0151. The quantitative estimate of drug-likeness (QED) is 0.0570. The molecule has 10 atom stereocenters. The Balaban J connectivity index is 0.000000172. The number of tetrazole rings is 1. The van der Waals surface area contributed by atoms with Crippen LogP contribution in [0.1, 0.15) is 106 Å². The average molecular weight is 1350 g/mol. The Bertz CT molecular complexity index is 4580. The lowest BCUT2D eigenvalue weighted by Crippen LogP contribution is -2.34. The number of aliphatic hydroxyl groups is 1. The van der Waals surface area contributed by atoms with E-state index in [1.54, 1.807) is 49.8 Å². The van der Waals surface area contributed by atoms with Gasteiger partial charge in [-0.1, -0.05) is 55.5 Å². The number of primary amides is 3. The monoisotopic (exact) mass is 1350 g/mol. The molecule has 0 bridgehead atoms. The summed E-state index contributed by atoms with van der Waals surface area (Å²) in [5.41, 5.74) is 19.1. The number of alkyl halides is 3. The fourth-order valence-corrected chi connectivity index (χ4v) is 11.3. The maximum absolute atomic E-state index is 14.1. The van der Waals surface area contributed by atoms with Crippen molar-refractivity contribution in [2.24, 2.45) is 42.0 Å². The summed E-state index contributed by atoms with van der Waals surface area (Å²) < 4.78 is 75.9. The highest BCUT2D eigenvalue weighted by Gasteiger charge is 2.44. The van der Waals surface area contributed by atoms with Gasteiger partial charge in [-0.25, -0.2) is 28.1 Å². The first-order chi connectivity index (χ1) is 47.0. The summed E-state index contributed by atoms with van der Waals surface area (Å²) in [5.74, 6) is 13.3. The Labute approximate surface area is 557 Å². The number of rotatable bonds is 18. The van der Waals surface area contributed by atoms with E-state index in [1.807, 2.05) is 20.8 Å². The number of pyridine rings is 3. The highest BCUT2D eigenvalue weighted by Crippen LogP contribution is 2.37. The minimum Gasteiger partial charge on any atom is -0.496 e. The van der Waals surface area contributed by atoms with Gasteiger partial charge in [-0.3, -0.25) is 33.9 Å². The molecule has 5 aromatic heterocycles. The number of carbonyl (C=O) groups is 6. The number of nitrogens with zero attached hydrogens (tertiary/aromatic N) is 8. The number of benzene rings is 3. The van der Waals surface area contributed by atoms with E-state index in [2.05, 4.69) is 92.0 Å². The molecule has 31 heteroatoms. The van der Waals surface area contributed by atoms with Gasteiger partial charge in [0.2, 0.25) is 23.5 Å². The van der Waals surface area contributed by atoms with E-state index in [0.717, 1.165) is 0 Å². The van der Waals surface area contributed by atoms with Gasteiger partial charge in [0.05, 0.1) is 91.6 Å². The molecule has 0 spiro atoms. The minimum atomic E-state index is -1.58. The number of aliphatic hydroxyl groups excluding tert-OH is 1. The number of hydrogen-bond donors (Lipinski definition) is 8. The number of methoxy groups -OCH3 is 3. The molecule has 6 amide bonds. The van der Waals surface area contributed by atoms with Gasteiger partial charge in [-0.2, -0.15) is 9.90 Å². The van der Waals surface area contributed by atoms with Crippen LogP contribution in [0.25, 0.3) is 32.3 Å². The lowest BCUT2D eigenvalue weighted by molar-refractivity contribution is -0.124. The number of aryl methyl sites for hydroxylation is 1. The number of nitrogens with two attached hydrogens (primary N) is 3. The van der Waals surface area contributed by atoms with Crippen LogP contribution in [0.3, 0.4) is 0 Å². The number of aromatic nitrogens is 9. The molecule has 3 aliphatic heterocycles. The highest BCUT2D eigenvalue weighted by atomic mass is 19.1. The van der Waals surface area contributed by atoms with Crippen LogP contribution in [0.2, 0.25) is 0 Å². The van der Waals surface area contributed by atoms with Crippen molar-refractivity contribution in [1.82, 2.24) is 61.3 Å². The van der Waals surface area contributed by atoms with Gasteiger partial charge < -0.3 is 66.7 Å². The largest absolute Gasteiger partial charge is 0.496 e. The van der Waals surface area contributed by atoms with E-state index in [9.17, 15) is 47.0 Å². The Hall–Kier alpha value is -11.8. The number of aromatic amines is 1. The molecule has 510 valence electrons. The van der Waals surface area contributed by atoms with Gasteiger partial charge in [0.15, 0.2) is 18.5 Å². The summed E-state index contributed by atoms with van der Waals surface area (Å²) in [6.45, 7) is 7.04. The molecule has 3 fully saturated rings. The molecule has 0 aliphatic carbocycles. The van der Waals surface area contributed by atoms with Gasteiger partial charge in [0.1, 0.15) is 43.2 Å². The van der Waals surface area contributed by atoms with E-state index in [4.69, 9.17) is 45.6 Å². The third-order valence-corrected chi connectivity index (χ3v) is 16.4. The molecule has 11 rings (SSSR count). The van der Waals surface area contributed by atoms with Gasteiger partial charge >= 0.3 is 0 Å². The lowest BCUT2D eigenvalue weighted by atomic mass is 9.97. The summed E-state index contributed by atoms with van der Waals surface area (Å²) in [7, 11) is 5.85. The molecule has 8 aromatic rings. The fourth-order valence-electron chi connectivity index (χ4n) is 11.3. The van der Waals surface area contributed by atoms with Gasteiger partial charge in [-0.05, 0) is 73.7 Å². The fraction of sp³-hybridized carbons (Fsp3) is 0.358. The van der Waals surface area contributed by atoms with Crippen molar-refractivity contribution in [3.63, 3.8) is 0 Å². The predicted molar refractivity (Wildman–Crippen MR) is 347 cm³/mol. The number of H-pyrrole nitrogens is 1. The topological polar surface area (TPSA) is 403 Å². The second-order valence-electron chi connectivity index (χ2n) is 22.6. The third kappa shape index (κ3) is 15.6. The van der Waals surface area contributed by atoms with Gasteiger partial charge in [-0.15, -0.1) is 5.10 Å². The van der Waals surface area contributed by atoms with E-state index < -0.39 is 95.9 Å². The Kier molecular flexibility index (Phi) is 22.4. The van der Waals surface area contributed by atoms with Crippen molar-refractivity contribution in [2.75, 3.05) is 41.2 Å². The van der Waals surface area contributed by atoms with Crippen LogP contribution >= 0.6 is 0 Å². The smallest absolute Gasteiger partial charge is 0.255 e. The summed E-state index contributed by atoms with van der Waals surface area (Å²) >= 11 is 0. The van der Waals surface area contributed by atoms with Crippen LogP contribution in [0.15, 0.2) is 67.4 Å². The van der Waals surface area contributed by atoms with Crippen molar-refractivity contribution in [3.05, 3.63) is 112 Å². The van der Waals surface area contributed by atoms with Crippen LogP contribution in [0.5, 0.6) is 34.9 Å². The zero-order valence-electron chi connectivity index (χ0n) is 54.2. The summed E-state index contributed by atoms with van der Waals surface area (Å²) in [5, 5.41) is 38.6. The van der Waals surface area contributed by atoms with E-state index in [1.165, 1.54) is 57.7 Å². The first kappa shape index (κ1) is 70.5. The van der Waals surface area contributed by atoms with Crippen molar-refractivity contribution in [2.45, 2.75) is 89.7 Å². The molecule has 0 saturated carbocycles. The SMILES string of the molecule is CC[C@@H]1[C@H](F)C(=O)N[C@@H]1COc1ncc(C#C[C@@H](C)O)c2cc(C(N)=O)c(OC)cc12.CC[C@@H]1[C@H](F)C(=O)N[C@@H]1COc1ncc(C#Cc2cn[nH]c2)c2cc(C(N)=O)c(OC)cc12.CC[C@@H]1[C@H](F)C(=O)N[C@@H]1COc1ncc(C#Cc2nnn(C)n2)c2cc(C(N)=O)c(OC)cc12. The zero-order valence-corrected chi connectivity index (χ0v) is 54.2. The summed E-state index contributed by atoms with van der Waals surface area (Å²) in [6.07, 6.45) is 3.55. The maximum Gasteiger partial charge on any atom is 0.255 e. The molecule has 0 unspecified atom stereocenters. The van der Waals surface area contributed by atoms with Crippen molar-refractivity contribution < 1.29 is 75.5 Å². The molecule has 11 N–H and O–H groups in total. The van der Waals surface area contributed by atoms with Crippen molar-refractivity contribution in [1.29, 1.82) is 0 Å². The Morgan fingerprint density at radius 2 is 0.929 bits per heavy atom. The first-order valence-corrected chi connectivity index (χ1v) is 30.6. The summed E-state index contributed by atoms with van der Waals surface area (Å²) in [4.78, 5) is 85.3. The van der Waals surface area contributed by atoms with Crippen molar-refractivity contribution in [3.8, 4) is 70.4 Å². The molecular weight excluding hydrogens is 1280 g/mol. The van der Waals surface area contributed by atoms with Gasteiger partial charge in [0.25, 0.3) is 35.4 Å². The molecule has 0 radical (unpaired) electrons. The molecule has 8 heterocycles. The van der Waals surface area contributed by atoms with E-state index >= 15 is 0 Å². The summed E-state index contributed by atoms with van der Waals surface area (Å²) in [6, 6.07) is 7.91. The normalized spacial score (nSPS) is 20.0. The van der Waals surface area contributed by atoms with Gasteiger partial charge in [0, 0.05) is 74.9 Å². The number of nitrogens with one attached hydrogen (secondary N) is 4. The van der Waals surface area contributed by atoms with Crippen molar-refractivity contribution >= 4 is 67.8 Å². The number of carbonyl (C=O) groups excluding carboxylic acids is 6. The maximum atomic E-state index is 14.1. The molecular formula is C67H68F3N15O13. The standard InChI is InChI=1S/C23H22FN5O4.C22H22FN7O4.C22H24FN3O5/c1-3-14-18(29-22(31)20(14)24)11-33-23-16-7-19(32-2)17(21(25)30)6-15(16)13(10-26-23)5-4-12-8-27-28-9-12;1-4-12-16(26-21(32)19(12)23)10-34-22-14-8-17(33-3)15(20(24)31)7-13(14)11(9-25-22)5-6-18-27-29-30(2)28-18;1-4-13-17(26-21(29)19(13)23)10-31-22-15-8-18(30-3)16(20(24)28)7-14(15)12(9-25-22)6-5-11(2)27/h6-10,14,18,20H,3,11H2,1-2H3,(H2,25,30)(H,27,28)(H,29,31);7-9,12,16,19H,4,10H2,1-3H3,(H2,24,31)(H,26,32);7-9,11,13,17,19,27H,4,10H2,1-3H3,(H2,24,28)(H,26,29)/t14-,18+,20-;12-,16+,19-;11-,13+,17-,19+/m001/s1. The average Bonchev–Trinajstić information content (AvgIpc) is 1.55. The van der Waals surface area contributed by atoms with Crippen LogP contribution in [0, 0.1) is 53.3 Å². The van der Waals surface area contributed by atoms with E-state index in [0.29, 0.717) is 73.8 Å². The van der Waals surface area contributed by atoms with E-state index in [-0.39, 0.29) is 77.2 Å². The van der Waals surface area contributed by atoms with Crippen LogP contribution < -0.4 is 61.6 Å². The van der Waals surface area contributed by atoms with Crippen LogP contribution in [-0.4, -0.2) is 170 Å². The first-order valence-electron chi connectivity index (χ1n) is 30.6. The lowest BCUT2D eigenvalue weighted by Gasteiger charge is -2.19. The number of halogens is 3. The second-order valence-corrected chi connectivity index (χ2v) is 22.6. The van der Waals surface area contributed by atoms with Crippen LogP contribution in [-0.2, 0) is 21.4 Å².